The summed E-state index contributed by atoms with van der Waals surface area (Å²) < 4.78 is 20.5. The summed E-state index contributed by atoms with van der Waals surface area (Å²) in [6, 6.07) is 1.64. The molecule has 2 aliphatic heterocycles. The summed E-state index contributed by atoms with van der Waals surface area (Å²) in [7, 11) is 0. The predicted molar refractivity (Wildman–Crippen MR) is 119 cm³/mol. The van der Waals surface area contributed by atoms with Crippen LogP contribution in [0.1, 0.15) is 40.0 Å². The summed E-state index contributed by atoms with van der Waals surface area (Å²) in [6.07, 6.45) is 2.30. The number of piperidine rings is 1. The maximum Gasteiger partial charge on any atom is 0.410 e. The molecule has 10 heteroatoms. The molecule has 162 valence electrons. The van der Waals surface area contributed by atoms with Gasteiger partial charge in [-0.15, -0.1) is 0 Å². The minimum atomic E-state index is -0.575. The van der Waals surface area contributed by atoms with Crippen LogP contribution >= 0.6 is 39.1 Å². The second kappa shape index (κ2) is 7.64. The van der Waals surface area contributed by atoms with Gasteiger partial charge in [-0.1, -0.05) is 11.6 Å². The Bertz CT molecular complexity index is 1030. The number of nitrogens with zero attached hydrogens (tertiary/aromatic N) is 4. The summed E-state index contributed by atoms with van der Waals surface area (Å²) in [5.74, 6) is -0.0535. The minimum absolute atomic E-state index is 0.0390. The Labute approximate surface area is 192 Å². The Kier molecular flexibility index (Phi) is 5.56. The van der Waals surface area contributed by atoms with Gasteiger partial charge in [0.25, 0.3) is 0 Å². The average molecular weight is 520 g/mol. The zero-order chi connectivity index (χ0) is 21.8. The van der Waals surface area contributed by atoms with Gasteiger partial charge in [-0.3, -0.25) is 0 Å². The smallest absolute Gasteiger partial charge is 0.410 e. The Morgan fingerprint density at radius 3 is 2.63 bits per heavy atom. The third-order valence-electron chi connectivity index (χ3n) is 5.62. The topological polar surface area (TPSA) is 58.6 Å². The van der Waals surface area contributed by atoms with Crippen LogP contribution in [-0.2, 0) is 4.74 Å². The van der Waals surface area contributed by atoms with Gasteiger partial charge in [0, 0.05) is 25.0 Å². The number of fused-ring (bicyclic) bond motifs is 1. The number of aromatic nitrogens is 2. The molecule has 6 nitrogen and oxygen atoms in total. The van der Waals surface area contributed by atoms with Crippen LogP contribution in [0.5, 0.6) is 0 Å². The van der Waals surface area contributed by atoms with E-state index in [2.05, 4.69) is 25.9 Å². The molecule has 1 atom stereocenters. The summed E-state index contributed by atoms with van der Waals surface area (Å²) in [4.78, 5) is 25.0. The fourth-order valence-corrected chi connectivity index (χ4v) is 4.89. The number of likely N-dealkylation sites (tertiary alicyclic amines) is 1. The van der Waals surface area contributed by atoms with E-state index in [1.54, 1.807) is 11.0 Å². The third kappa shape index (κ3) is 3.82. The number of rotatable bonds is 1. The van der Waals surface area contributed by atoms with Crippen LogP contribution in [0.3, 0.4) is 0 Å². The molecule has 0 radical (unpaired) electrons. The lowest BCUT2D eigenvalue weighted by Gasteiger charge is -2.56. The molecule has 4 rings (SSSR count). The lowest BCUT2D eigenvalue weighted by Crippen LogP contribution is -2.69. The van der Waals surface area contributed by atoms with E-state index in [4.69, 9.17) is 27.9 Å². The highest BCUT2D eigenvalue weighted by Gasteiger charge is 2.51. The van der Waals surface area contributed by atoms with Crippen molar-refractivity contribution < 1.29 is 13.9 Å². The number of amides is 1. The van der Waals surface area contributed by atoms with E-state index in [-0.39, 0.29) is 31.9 Å². The van der Waals surface area contributed by atoms with Crippen molar-refractivity contribution >= 4 is 61.9 Å². The van der Waals surface area contributed by atoms with Crippen molar-refractivity contribution in [2.75, 3.05) is 24.5 Å². The lowest BCUT2D eigenvalue weighted by atomic mass is 9.78. The Balaban J connectivity index is 1.69. The Hall–Kier alpha value is -1.38. The van der Waals surface area contributed by atoms with E-state index in [1.807, 2.05) is 25.7 Å². The van der Waals surface area contributed by atoms with E-state index < -0.39 is 11.4 Å². The maximum atomic E-state index is 14.8. The minimum Gasteiger partial charge on any atom is -0.444 e. The molecule has 1 unspecified atom stereocenters. The molecule has 0 N–H and O–H groups in total. The first kappa shape index (κ1) is 21.8. The molecule has 2 saturated heterocycles. The highest BCUT2D eigenvalue weighted by atomic mass is 79.9. The average Bonchev–Trinajstić information content (AvgIpc) is 2.64. The van der Waals surface area contributed by atoms with Crippen LogP contribution < -0.4 is 4.90 Å². The van der Waals surface area contributed by atoms with Crippen LogP contribution in [0.15, 0.2) is 10.5 Å². The van der Waals surface area contributed by atoms with Crippen molar-refractivity contribution in [3.8, 4) is 0 Å². The maximum absolute atomic E-state index is 14.8. The summed E-state index contributed by atoms with van der Waals surface area (Å²) >= 11 is 15.5. The van der Waals surface area contributed by atoms with Gasteiger partial charge < -0.3 is 14.5 Å². The number of ether oxygens (including phenoxy) is 1. The molecule has 3 heterocycles. The van der Waals surface area contributed by atoms with Crippen molar-refractivity contribution in [3.63, 3.8) is 0 Å². The fourth-order valence-electron chi connectivity index (χ4n) is 4.23. The van der Waals surface area contributed by atoms with Gasteiger partial charge >= 0.3 is 6.09 Å². The zero-order valence-corrected chi connectivity index (χ0v) is 20.0. The molecular weight excluding hydrogens is 498 g/mol. The van der Waals surface area contributed by atoms with Crippen LogP contribution in [0.25, 0.3) is 10.9 Å². The molecule has 0 aliphatic carbocycles. The first-order valence-corrected chi connectivity index (χ1v) is 11.3. The Morgan fingerprint density at radius 2 is 2.00 bits per heavy atom. The van der Waals surface area contributed by atoms with Crippen LogP contribution in [0.4, 0.5) is 15.0 Å². The van der Waals surface area contributed by atoms with E-state index in [1.165, 1.54) is 0 Å². The van der Waals surface area contributed by atoms with E-state index in [0.29, 0.717) is 30.8 Å². The van der Waals surface area contributed by atoms with Crippen LogP contribution in [-0.4, -0.2) is 51.7 Å². The van der Waals surface area contributed by atoms with E-state index >= 15 is 0 Å². The van der Waals surface area contributed by atoms with Gasteiger partial charge in [-0.05, 0) is 73.6 Å². The number of hydrogen-bond donors (Lipinski definition) is 0. The van der Waals surface area contributed by atoms with Crippen molar-refractivity contribution in [2.24, 2.45) is 0 Å². The lowest BCUT2D eigenvalue weighted by molar-refractivity contribution is -0.0495. The molecule has 1 aromatic heterocycles. The third-order valence-corrected chi connectivity index (χ3v) is 7.09. The molecule has 0 bridgehead atoms. The fraction of sp³-hybridized carbons (Fsp3) is 0.550. The van der Waals surface area contributed by atoms with Crippen molar-refractivity contribution in [1.29, 1.82) is 0 Å². The molecule has 2 aromatic rings. The van der Waals surface area contributed by atoms with E-state index in [0.717, 1.165) is 19.3 Å². The summed E-state index contributed by atoms with van der Waals surface area (Å²) in [5, 5.41) is 0.686. The second-order valence-electron chi connectivity index (χ2n) is 8.83. The zero-order valence-electron chi connectivity index (χ0n) is 16.9. The molecule has 2 aliphatic rings. The molecule has 1 aromatic carbocycles. The molecule has 30 heavy (non-hydrogen) atoms. The quantitative estimate of drug-likeness (QED) is 0.351. The van der Waals surface area contributed by atoms with E-state index in [9.17, 15) is 9.18 Å². The van der Waals surface area contributed by atoms with Crippen molar-refractivity contribution in [1.82, 2.24) is 14.9 Å². The number of benzene rings is 1. The number of anilines is 1. The van der Waals surface area contributed by atoms with Gasteiger partial charge in [-0.25, -0.2) is 14.2 Å². The summed E-state index contributed by atoms with van der Waals surface area (Å²) in [5.41, 5.74) is -0.777. The van der Waals surface area contributed by atoms with Gasteiger partial charge in [-0.2, -0.15) is 4.98 Å². The molecule has 1 spiro atoms. The molecule has 1 amide bonds. The number of halogens is 4. The molecule has 2 fully saturated rings. The van der Waals surface area contributed by atoms with Gasteiger partial charge in [0.2, 0.25) is 5.28 Å². The van der Waals surface area contributed by atoms with Gasteiger partial charge in [0.1, 0.15) is 16.9 Å². The number of hydrogen-bond acceptors (Lipinski definition) is 5. The van der Waals surface area contributed by atoms with Gasteiger partial charge in [0.15, 0.2) is 5.82 Å². The monoisotopic (exact) mass is 518 g/mol. The number of carbonyl (C=O) groups is 1. The standard InChI is InChI=1S/C20H22BrCl2FN4O2/c1-19(2,3)30-18(29)28-8-6-20(28)5-4-7-27(10-20)16-11-9-12(22)13(21)14(24)15(11)25-17(23)26-16/h9H,4-8,10H2,1-3H3. The SMILES string of the molecule is CC(C)(C)OC(=O)N1CCC12CCCN(c1nc(Cl)nc3c(F)c(Br)c(Cl)cc13)C2. The highest BCUT2D eigenvalue weighted by molar-refractivity contribution is 9.10. The largest absolute Gasteiger partial charge is 0.444 e. The molecule has 0 saturated carbocycles. The normalized spacial score (nSPS) is 21.8. The first-order valence-electron chi connectivity index (χ1n) is 9.77. The predicted octanol–water partition coefficient (Wildman–Crippen LogP) is 5.82. The number of carbonyl (C=O) groups excluding carboxylic acids is 1. The van der Waals surface area contributed by atoms with Crippen molar-refractivity contribution in [2.45, 2.75) is 51.2 Å². The highest BCUT2D eigenvalue weighted by Crippen LogP contribution is 2.42. The molecular formula is C20H22BrCl2FN4O2. The summed E-state index contributed by atoms with van der Waals surface area (Å²) in [6.45, 7) is 7.50. The second-order valence-corrected chi connectivity index (χ2v) is 10.4. The van der Waals surface area contributed by atoms with Crippen LogP contribution in [0.2, 0.25) is 10.3 Å². The van der Waals surface area contributed by atoms with Crippen LogP contribution in [0, 0.1) is 5.82 Å². The first-order chi connectivity index (χ1) is 14.0. The van der Waals surface area contributed by atoms with Gasteiger partial charge in [0.05, 0.1) is 15.0 Å². The Morgan fingerprint density at radius 1 is 1.27 bits per heavy atom. The van der Waals surface area contributed by atoms with Crippen molar-refractivity contribution in [3.05, 3.63) is 26.7 Å².